The SMILES string of the molecule is C=C(c1c(O)ccc2ccccc12)c1c(O)ccc2ccccc12. The van der Waals surface area contributed by atoms with Crippen molar-refractivity contribution in [2.75, 3.05) is 0 Å². The highest BCUT2D eigenvalue weighted by atomic mass is 16.3. The van der Waals surface area contributed by atoms with Crippen LogP contribution in [0.4, 0.5) is 0 Å². The summed E-state index contributed by atoms with van der Waals surface area (Å²) in [5, 5.41) is 24.8. The molecule has 0 amide bonds. The van der Waals surface area contributed by atoms with Gasteiger partial charge in [-0.15, -0.1) is 0 Å². The van der Waals surface area contributed by atoms with Crippen LogP contribution in [0.3, 0.4) is 0 Å². The molecule has 4 rings (SSSR count). The lowest BCUT2D eigenvalue weighted by atomic mass is 9.90. The topological polar surface area (TPSA) is 40.5 Å². The third-order valence-corrected chi connectivity index (χ3v) is 4.42. The molecule has 2 N–H and O–H groups in total. The van der Waals surface area contributed by atoms with Gasteiger partial charge in [-0.3, -0.25) is 0 Å². The maximum absolute atomic E-state index is 10.5. The fourth-order valence-corrected chi connectivity index (χ4v) is 3.28. The summed E-state index contributed by atoms with van der Waals surface area (Å²) in [5.74, 6) is 0.317. The van der Waals surface area contributed by atoms with Crippen LogP contribution in [0, 0.1) is 0 Å². The number of hydrogen-bond acceptors (Lipinski definition) is 2. The van der Waals surface area contributed by atoms with Crippen LogP contribution in [0.1, 0.15) is 11.1 Å². The predicted molar refractivity (Wildman–Crippen MR) is 99.4 cm³/mol. The summed E-state index contributed by atoms with van der Waals surface area (Å²) in [6.07, 6.45) is 0. The lowest BCUT2D eigenvalue weighted by Gasteiger charge is -2.15. The second-order valence-electron chi connectivity index (χ2n) is 5.84. The van der Waals surface area contributed by atoms with Gasteiger partial charge >= 0.3 is 0 Å². The van der Waals surface area contributed by atoms with Crippen molar-refractivity contribution in [3.8, 4) is 11.5 Å². The first-order valence-electron chi connectivity index (χ1n) is 7.78. The molecule has 0 bridgehead atoms. The molecular weight excluding hydrogens is 296 g/mol. The standard InChI is InChI=1S/C22H16O2/c1-14(21-17-8-4-2-6-15(17)10-12-19(21)23)22-18-9-5-3-7-16(18)11-13-20(22)24/h2-13,23-24H,1H2. The summed E-state index contributed by atoms with van der Waals surface area (Å²) < 4.78 is 0. The Bertz CT molecular complexity index is 1010. The first-order chi connectivity index (χ1) is 11.7. The van der Waals surface area contributed by atoms with Crippen LogP contribution in [0.25, 0.3) is 27.1 Å². The van der Waals surface area contributed by atoms with Gasteiger partial charge in [-0.2, -0.15) is 0 Å². The molecule has 0 atom stereocenters. The van der Waals surface area contributed by atoms with Gasteiger partial charge in [-0.1, -0.05) is 67.2 Å². The second kappa shape index (κ2) is 5.43. The molecule has 0 saturated heterocycles. The Kier molecular flexibility index (Phi) is 3.24. The highest BCUT2D eigenvalue weighted by molar-refractivity contribution is 6.06. The van der Waals surface area contributed by atoms with Crippen molar-refractivity contribution < 1.29 is 10.2 Å². The molecule has 116 valence electrons. The Hall–Kier alpha value is -3.26. The van der Waals surface area contributed by atoms with E-state index >= 15 is 0 Å². The van der Waals surface area contributed by atoms with Gasteiger partial charge in [0.1, 0.15) is 11.5 Å². The van der Waals surface area contributed by atoms with Gasteiger partial charge in [-0.05, 0) is 39.3 Å². The Morgan fingerprint density at radius 2 is 1.00 bits per heavy atom. The Balaban J connectivity index is 2.05. The lowest BCUT2D eigenvalue weighted by Crippen LogP contribution is -1.92. The Morgan fingerprint density at radius 1 is 0.583 bits per heavy atom. The van der Waals surface area contributed by atoms with E-state index in [9.17, 15) is 10.2 Å². The van der Waals surface area contributed by atoms with E-state index in [4.69, 9.17) is 0 Å². The molecule has 4 aromatic carbocycles. The van der Waals surface area contributed by atoms with Gasteiger partial charge in [-0.25, -0.2) is 0 Å². The molecule has 0 heterocycles. The predicted octanol–water partition coefficient (Wildman–Crippen LogP) is 5.47. The summed E-state index contributed by atoms with van der Waals surface area (Å²) in [7, 11) is 0. The van der Waals surface area contributed by atoms with Gasteiger partial charge in [0.05, 0.1) is 0 Å². The molecule has 0 unspecified atom stereocenters. The Labute approximate surface area is 139 Å². The van der Waals surface area contributed by atoms with E-state index in [1.54, 1.807) is 12.1 Å². The van der Waals surface area contributed by atoms with Crippen LogP contribution in [-0.4, -0.2) is 10.2 Å². The van der Waals surface area contributed by atoms with E-state index in [1.807, 2.05) is 60.7 Å². The van der Waals surface area contributed by atoms with Crippen molar-refractivity contribution in [2.24, 2.45) is 0 Å². The molecule has 0 aliphatic carbocycles. The van der Waals surface area contributed by atoms with Crippen LogP contribution >= 0.6 is 0 Å². The van der Waals surface area contributed by atoms with Crippen molar-refractivity contribution in [1.82, 2.24) is 0 Å². The molecular formula is C22H16O2. The normalized spacial score (nSPS) is 11.0. The largest absolute Gasteiger partial charge is 0.507 e. The van der Waals surface area contributed by atoms with Crippen LogP contribution in [0.15, 0.2) is 79.4 Å². The molecule has 0 aliphatic rings. The molecule has 4 aromatic rings. The monoisotopic (exact) mass is 312 g/mol. The summed E-state index contributed by atoms with van der Waals surface area (Å²) in [4.78, 5) is 0. The van der Waals surface area contributed by atoms with Crippen molar-refractivity contribution in [3.05, 3.63) is 90.5 Å². The smallest absolute Gasteiger partial charge is 0.124 e. The van der Waals surface area contributed by atoms with Crippen molar-refractivity contribution >= 4 is 27.1 Å². The van der Waals surface area contributed by atoms with E-state index in [1.165, 1.54) is 0 Å². The average Bonchev–Trinajstić information content (AvgIpc) is 2.61. The van der Waals surface area contributed by atoms with E-state index in [0.717, 1.165) is 21.5 Å². The second-order valence-corrected chi connectivity index (χ2v) is 5.84. The van der Waals surface area contributed by atoms with Gasteiger partial charge in [0, 0.05) is 11.1 Å². The minimum absolute atomic E-state index is 0.158. The molecule has 0 saturated carbocycles. The van der Waals surface area contributed by atoms with Gasteiger partial charge < -0.3 is 10.2 Å². The highest BCUT2D eigenvalue weighted by Crippen LogP contribution is 2.41. The lowest BCUT2D eigenvalue weighted by molar-refractivity contribution is 0.472. The minimum Gasteiger partial charge on any atom is -0.507 e. The van der Waals surface area contributed by atoms with Gasteiger partial charge in [0.2, 0.25) is 0 Å². The summed E-state index contributed by atoms with van der Waals surface area (Å²) >= 11 is 0. The highest BCUT2D eigenvalue weighted by Gasteiger charge is 2.17. The number of benzene rings is 4. The zero-order valence-electron chi connectivity index (χ0n) is 13.0. The summed E-state index contributed by atoms with van der Waals surface area (Å²) in [5.41, 5.74) is 1.91. The summed E-state index contributed by atoms with van der Waals surface area (Å²) in [6.45, 7) is 4.20. The number of fused-ring (bicyclic) bond motifs is 2. The number of hydrogen-bond donors (Lipinski definition) is 2. The molecule has 0 aromatic heterocycles. The van der Waals surface area contributed by atoms with Crippen molar-refractivity contribution in [2.45, 2.75) is 0 Å². The third kappa shape index (κ3) is 2.12. The van der Waals surface area contributed by atoms with E-state index < -0.39 is 0 Å². The van der Waals surface area contributed by atoms with E-state index in [2.05, 4.69) is 6.58 Å². The van der Waals surface area contributed by atoms with Crippen LogP contribution < -0.4 is 0 Å². The molecule has 0 spiro atoms. The molecule has 24 heavy (non-hydrogen) atoms. The fourth-order valence-electron chi connectivity index (χ4n) is 3.28. The first kappa shape index (κ1) is 14.3. The minimum atomic E-state index is 0.158. The number of rotatable bonds is 2. The van der Waals surface area contributed by atoms with Crippen molar-refractivity contribution in [1.29, 1.82) is 0 Å². The molecule has 0 aliphatic heterocycles. The van der Waals surface area contributed by atoms with E-state index in [0.29, 0.717) is 16.7 Å². The Morgan fingerprint density at radius 3 is 1.46 bits per heavy atom. The van der Waals surface area contributed by atoms with Crippen LogP contribution in [0.5, 0.6) is 11.5 Å². The molecule has 2 nitrogen and oxygen atoms in total. The first-order valence-corrected chi connectivity index (χ1v) is 7.78. The zero-order valence-corrected chi connectivity index (χ0v) is 13.0. The summed E-state index contributed by atoms with van der Waals surface area (Å²) in [6, 6.07) is 22.8. The van der Waals surface area contributed by atoms with E-state index in [-0.39, 0.29) is 11.5 Å². The molecule has 2 heteroatoms. The number of phenolic OH excluding ortho intramolecular Hbond substituents is 2. The van der Waals surface area contributed by atoms with Crippen LogP contribution in [-0.2, 0) is 0 Å². The van der Waals surface area contributed by atoms with Crippen LogP contribution in [0.2, 0.25) is 0 Å². The third-order valence-electron chi connectivity index (χ3n) is 4.42. The molecule has 0 radical (unpaired) electrons. The molecule has 0 fully saturated rings. The maximum atomic E-state index is 10.5. The van der Waals surface area contributed by atoms with Gasteiger partial charge in [0.15, 0.2) is 0 Å². The quantitative estimate of drug-likeness (QED) is 0.515. The number of aromatic hydroxyl groups is 2. The fraction of sp³-hybridized carbons (Fsp3) is 0. The van der Waals surface area contributed by atoms with Gasteiger partial charge in [0.25, 0.3) is 0 Å². The zero-order chi connectivity index (χ0) is 16.7. The maximum Gasteiger partial charge on any atom is 0.124 e. The van der Waals surface area contributed by atoms with Crippen molar-refractivity contribution in [3.63, 3.8) is 0 Å². The average molecular weight is 312 g/mol. The number of phenols is 2.